The number of hydrogen-bond donors (Lipinski definition) is 3. The van der Waals surface area contributed by atoms with Crippen LogP contribution in [0, 0.1) is 6.92 Å². The number of nitrogens with one attached hydrogen (secondary N) is 2. The maximum atomic E-state index is 11.9. The van der Waals surface area contributed by atoms with E-state index >= 15 is 0 Å². The Morgan fingerprint density at radius 2 is 2.05 bits per heavy atom. The summed E-state index contributed by atoms with van der Waals surface area (Å²) in [4.78, 5) is 23.6. The van der Waals surface area contributed by atoms with Crippen molar-refractivity contribution in [1.29, 1.82) is 0 Å². The lowest BCUT2D eigenvalue weighted by atomic mass is 10.2. The zero-order valence-corrected chi connectivity index (χ0v) is 11.9. The summed E-state index contributed by atoms with van der Waals surface area (Å²) in [7, 11) is 0. The van der Waals surface area contributed by atoms with Gasteiger partial charge in [0.15, 0.2) is 13.1 Å². The average Bonchev–Trinajstić information content (AvgIpc) is 2.32. The van der Waals surface area contributed by atoms with Crippen LogP contribution < -0.4 is 16.0 Å². The third kappa shape index (κ3) is 5.28. The zero-order chi connectivity index (χ0) is 14.4. The molecule has 0 saturated heterocycles. The van der Waals surface area contributed by atoms with Gasteiger partial charge < -0.3 is 16.0 Å². The number of benzene rings is 1. The van der Waals surface area contributed by atoms with Gasteiger partial charge in [-0.2, -0.15) is 0 Å². The fourth-order valence-electron chi connectivity index (χ4n) is 1.71. The van der Waals surface area contributed by atoms with Gasteiger partial charge in [-0.3, -0.25) is 9.59 Å². The molecule has 0 radical (unpaired) electrons. The predicted molar refractivity (Wildman–Crippen MR) is 75.3 cm³/mol. The molecule has 0 spiro atoms. The fourth-order valence-corrected chi connectivity index (χ4v) is 1.88. The number of hydrogen-bond acceptors (Lipinski definition) is 2. The quantitative estimate of drug-likeness (QED) is 0.686. The van der Waals surface area contributed by atoms with Crippen LogP contribution in [0.2, 0.25) is 5.02 Å². The monoisotopic (exact) mass is 284 g/mol. The molecule has 1 atom stereocenters. The van der Waals surface area contributed by atoms with E-state index in [1.165, 1.54) is 0 Å². The van der Waals surface area contributed by atoms with Gasteiger partial charge in [0.05, 0.1) is 6.54 Å². The summed E-state index contributed by atoms with van der Waals surface area (Å²) in [6.45, 7) is 4.80. The molecular formula is C13H19ClN3O2+. The Labute approximate surface area is 117 Å². The summed E-state index contributed by atoms with van der Waals surface area (Å²) in [6.07, 6.45) is 0. The Balaban J connectivity index is 2.63. The van der Waals surface area contributed by atoms with E-state index in [-0.39, 0.29) is 19.0 Å². The van der Waals surface area contributed by atoms with Crippen molar-refractivity contribution >= 4 is 29.1 Å². The summed E-state index contributed by atoms with van der Waals surface area (Å²) in [5, 5.41) is 3.36. The van der Waals surface area contributed by atoms with Gasteiger partial charge in [-0.25, -0.2) is 0 Å². The molecule has 1 rings (SSSR count). The van der Waals surface area contributed by atoms with Gasteiger partial charge in [0.2, 0.25) is 0 Å². The third-order valence-electron chi connectivity index (χ3n) is 2.81. The first-order valence-electron chi connectivity index (χ1n) is 6.10. The smallest absolute Gasteiger partial charge is 0.279 e. The number of quaternary nitrogens is 1. The number of carbonyl (C=O) groups is 2. The van der Waals surface area contributed by atoms with E-state index in [0.717, 1.165) is 10.5 Å². The molecule has 4 N–H and O–H groups in total. The van der Waals surface area contributed by atoms with E-state index in [0.29, 0.717) is 17.3 Å². The summed E-state index contributed by atoms with van der Waals surface area (Å²) >= 11 is 5.88. The topological polar surface area (TPSA) is 76.6 Å². The molecule has 0 bridgehead atoms. The molecular weight excluding hydrogens is 266 g/mol. The van der Waals surface area contributed by atoms with Gasteiger partial charge >= 0.3 is 0 Å². The zero-order valence-electron chi connectivity index (χ0n) is 11.1. The van der Waals surface area contributed by atoms with E-state index in [1.54, 1.807) is 12.1 Å². The number of anilines is 1. The molecule has 5 nitrogen and oxygen atoms in total. The standard InChI is InChI=1S/C13H18ClN3O2/c1-3-17(7-12(15)18)8-13(19)16-11-6-10(14)5-4-9(11)2/h4-6H,3,7-8H2,1-2H3,(H2,15,18)(H,16,19)/p+1. The van der Waals surface area contributed by atoms with Crippen molar-refractivity contribution in [2.45, 2.75) is 13.8 Å². The molecule has 0 aliphatic heterocycles. The maximum Gasteiger partial charge on any atom is 0.279 e. The van der Waals surface area contributed by atoms with Crippen LogP contribution in [-0.4, -0.2) is 31.4 Å². The maximum absolute atomic E-state index is 11.9. The highest BCUT2D eigenvalue weighted by molar-refractivity contribution is 6.31. The highest BCUT2D eigenvalue weighted by Crippen LogP contribution is 2.19. The molecule has 19 heavy (non-hydrogen) atoms. The van der Waals surface area contributed by atoms with Crippen LogP contribution in [0.25, 0.3) is 0 Å². The van der Waals surface area contributed by atoms with E-state index < -0.39 is 5.91 Å². The van der Waals surface area contributed by atoms with Crippen LogP contribution in [0.15, 0.2) is 18.2 Å². The predicted octanol–water partition coefficient (Wildman–Crippen LogP) is -0.0230. The lowest BCUT2D eigenvalue weighted by Crippen LogP contribution is -3.13. The van der Waals surface area contributed by atoms with Crippen LogP contribution in [-0.2, 0) is 9.59 Å². The number of amides is 2. The Morgan fingerprint density at radius 1 is 1.37 bits per heavy atom. The molecule has 0 heterocycles. The molecule has 0 fully saturated rings. The van der Waals surface area contributed by atoms with Crippen molar-refractivity contribution in [2.24, 2.45) is 5.73 Å². The van der Waals surface area contributed by atoms with Gasteiger partial charge in [0, 0.05) is 10.7 Å². The SMILES string of the molecule is CC[NH+](CC(N)=O)CC(=O)Nc1cc(Cl)ccc1C. The van der Waals surface area contributed by atoms with Gasteiger partial charge in [0.1, 0.15) is 0 Å². The second kappa shape index (κ2) is 7.11. The van der Waals surface area contributed by atoms with Crippen molar-refractivity contribution in [1.82, 2.24) is 0 Å². The first-order chi connectivity index (χ1) is 8.92. The van der Waals surface area contributed by atoms with Crippen LogP contribution in [0.4, 0.5) is 5.69 Å². The van der Waals surface area contributed by atoms with E-state index in [4.69, 9.17) is 17.3 Å². The van der Waals surface area contributed by atoms with E-state index in [9.17, 15) is 9.59 Å². The molecule has 2 amide bonds. The summed E-state index contributed by atoms with van der Waals surface area (Å²) < 4.78 is 0. The number of nitrogens with two attached hydrogens (primary N) is 1. The Bertz CT molecular complexity index is 477. The van der Waals surface area contributed by atoms with Gasteiger partial charge in [-0.05, 0) is 31.5 Å². The number of likely N-dealkylation sites (N-methyl/N-ethyl adjacent to an activating group) is 1. The number of carbonyl (C=O) groups excluding carboxylic acids is 2. The number of halogens is 1. The normalized spacial score (nSPS) is 11.9. The molecule has 104 valence electrons. The van der Waals surface area contributed by atoms with Crippen LogP contribution in [0.5, 0.6) is 0 Å². The van der Waals surface area contributed by atoms with Crippen LogP contribution in [0.3, 0.4) is 0 Å². The molecule has 1 aromatic carbocycles. The van der Waals surface area contributed by atoms with Crippen LogP contribution >= 0.6 is 11.6 Å². The number of rotatable bonds is 6. The minimum absolute atomic E-state index is 0.151. The Kier molecular flexibility index (Phi) is 5.79. The Morgan fingerprint density at radius 3 is 2.63 bits per heavy atom. The Hall–Kier alpha value is -1.59. The third-order valence-corrected chi connectivity index (χ3v) is 3.04. The van der Waals surface area contributed by atoms with Crippen molar-refractivity contribution < 1.29 is 14.5 Å². The molecule has 6 heteroatoms. The second-order valence-corrected chi connectivity index (χ2v) is 4.87. The molecule has 0 saturated carbocycles. The lowest BCUT2D eigenvalue weighted by molar-refractivity contribution is -0.881. The van der Waals surface area contributed by atoms with Crippen LogP contribution in [0.1, 0.15) is 12.5 Å². The molecule has 1 unspecified atom stereocenters. The van der Waals surface area contributed by atoms with E-state index in [1.807, 2.05) is 19.9 Å². The summed E-state index contributed by atoms with van der Waals surface area (Å²) in [5.74, 6) is -0.577. The lowest BCUT2D eigenvalue weighted by Gasteiger charge is -2.16. The molecule has 0 aliphatic carbocycles. The van der Waals surface area contributed by atoms with E-state index in [2.05, 4.69) is 5.32 Å². The van der Waals surface area contributed by atoms with Crippen molar-refractivity contribution in [2.75, 3.05) is 25.0 Å². The average molecular weight is 285 g/mol. The highest BCUT2D eigenvalue weighted by Gasteiger charge is 2.15. The van der Waals surface area contributed by atoms with Gasteiger partial charge in [0.25, 0.3) is 11.8 Å². The molecule has 1 aromatic rings. The first-order valence-corrected chi connectivity index (χ1v) is 6.48. The minimum atomic E-state index is -0.413. The largest absolute Gasteiger partial charge is 0.365 e. The second-order valence-electron chi connectivity index (χ2n) is 4.43. The van der Waals surface area contributed by atoms with Gasteiger partial charge in [-0.1, -0.05) is 17.7 Å². The summed E-state index contributed by atoms with van der Waals surface area (Å²) in [6, 6.07) is 5.31. The van der Waals surface area contributed by atoms with Crippen molar-refractivity contribution in [3.63, 3.8) is 0 Å². The van der Waals surface area contributed by atoms with Gasteiger partial charge in [-0.15, -0.1) is 0 Å². The summed E-state index contributed by atoms with van der Waals surface area (Å²) in [5.41, 5.74) is 6.76. The molecule has 0 aromatic heterocycles. The number of aryl methyl sites for hydroxylation is 1. The fraction of sp³-hybridized carbons (Fsp3) is 0.385. The molecule has 0 aliphatic rings. The highest BCUT2D eigenvalue weighted by atomic mass is 35.5. The number of primary amides is 1. The van der Waals surface area contributed by atoms with Crippen molar-refractivity contribution in [3.05, 3.63) is 28.8 Å². The van der Waals surface area contributed by atoms with Crippen molar-refractivity contribution in [3.8, 4) is 0 Å². The minimum Gasteiger partial charge on any atom is -0.365 e. The first kappa shape index (κ1) is 15.5.